The molecule has 6 heteroatoms. The van der Waals surface area contributed by atoms with Crippen molar-refractivity contribution in [1.29, 1.82) is 0 Å². The van der Waals surface area contributed by atoms with Gasteiger partial charge in [0.2, 0.25) is 0 Å². The minimum atomic E-state index is -1.13. The lowest BCUT2D eigenvalue weighted by Gasteiger charge is -2.14. The molecule has 0 aliphatic heterocycles. The smallest absolute Gasteiger partial charge is 0.331 e. The van der Waals surface area contributed by atoms with E-state index >= 15 is 0 Å². The highest BCUT2D eigenvalue weighted by atomic mass is 16.5. The van der Waals surface area contributed by atoms with Crippen LogP contribution in [0, 0.1) is 5.92 Å². The molecule has 1 atom stereocenters. The topological polar surface area (TPSA) is 93.1 Å². The highest BCUT2D eigenvalue weighted by Crippen LogP contribution is 2.20. The molecule has 120 valence electrons. The van der Waals surface area contributed by atoms with Gasteiger partial charge < -0.3 is 19.7 Å². The summed E-state index contributed by atoms with van der Waals surface area (Å²) < 4.78 is 10.1. The second kappa shape index (κ2) is 11.0. The Hall–Kier alpha value is -1.66. The summed E-state index contributed by atoms with van der Waals surface area (Å²) in [6.45, 7) is 6.77. The summed E-state index contributed by atoms with van der Waals surface area (Å²) in [4.78, 5) is 22.3. The second-order valence-electron chi connectivity index (χ2n) is 4.52. The molecule has 0 heterocycles. The van der Waals surface area contributed by atoms with Crippen LogP contribution < -0.4 is 0 Å². The maximum atomic E-state index is 11.2. The molecule has 0 aromatic rings. The molecule has 0 spiro atoms. The van der Waals surface area contributed by atoms with Crippen molar-refractivity contribution in [1.82, 2.24) is 0 Å². The zero-order valence-corrected chi connectivity index (χ0v) is 12.6. The number of ether oxygens (including phenoxy) is 2. The average Bonchev–Trinajstić information content (AvgIpc) is 2.44. The first-order valence-corrected chi connectivity index (χ1v) is 6.86. The summed E-state index contributed by atoms with van der Waals surface area (Å²) in [5, 5.41) is 18.2. The van der Waals surface area contributed by atoms with Crippen LogP contribution in [0.5, 0.6) is 0 Å². The van der Waals surface area contributed by atoms with Gasteiger partial charge in [0.25, 0.3) is 0 Å². The highest BCUT2D eigenvalue weighted by Gasteiger charge is 2.19. The monoisotopic (exact) mass is 300 g/mol. The van der Waals surface area contributed by atoms with Crippen molar-refractivity contribution >= 4 is 11.9 Å². The van der Waals surface area contributed by atoms with Crippen LogP contribution >= 0.6 is 0 Å². The van der Waals surface area contributed by atoms with Gasteiger partial charge in [-0.25, -0.2) is 9.59 Å². The van der Waals surface area contributed by atoms with Crippen molar-refractivity contribution < 1.29 is 29.3 Å². The summed E-state index contributed by atoms with van der Waals surface area (Å²) in [7, 11) is 1.50. The van der Waals surface area contributed by atoms with Crippen molar-refractivity contribution in [3.05, 3.63) is 23.8 Å². The van der Waals surface area contributed by atoms with Crippen LogP contribution in [0.15, 0.2) is 23.8 Å². The number of hydrogen-bond donors (Lipinski definition) is 2. The number of rotatable bonds is 12. The van der Waals surface area contributed by atoms with Gasteiger partial charge in [-0.1, -0.05) is 12.7 Å². The van der Waals surface area contributed by atoms with Crippen LogP contribution in [-0.4, -0.2) is 49.1 Å². The molecular formula is C15H24O6. The predicted molar refractivity (Wildman–Crippen MR) is 78.2 cm³/mol. The van der Waals surface area contributed by atoms with Crippen molar-refractivity contribution in [2.45, 2.75) is 26.2 Å². The lowest BCUT2D eigenvalue weighted by molar-refractivity contribution is -0.134. The van der Waals surface area contributed by atoms with Crippen LogP contribution in [-0.2, 0) is 19.1 Å². The number of carboxylic acids is 2. The average molecular weight is 300 g/mol. The molecule has 6 nitrogen and oxygen atoms in total. The predicted octanol–water partition coefficient (Wildman–Crippen LogP) is 2.11. The molecule has 0 aliphatic carbocycles. The van der Waals surface area contributed by atoms with Gasteiger partial charge in [0, 0.05) is 44.0 Å². The highest BCUT2D eigenvalue weighted by molar-refractivity contribution is 5.89. The molecule has 2 N–H and O–H groups in total. The largest absolute Gasteiger partial charge is 0.478 e. The molecule has 21 heavy (non-hydrogen) atoms. The van der Waals surface area contributed by atoms with Gasteiger partial charge in [0.05, 0.1) is 0 Å². The van der Waals surface area contributed by atoms with Crippen molar-refractivity contribution in [3.8, 4) is 0 Å². The number of aliphatic carboxylic acids is 2. The summed E-state index contributed by atoms with van der Waals surface area (Å²) in [6.07, 6.45) is 2.74. The third kappa shape index (κ3) is 8.27. The van der Waals surface area contributed by atoms with Crippen molar-refractivity contribution in [2.75, 3.05) is 26.9 Å². The van der Waals surface area contributed by atoms with Crippen molar-refractivity contribution in [3.63, 3.8) is 0 Å². The van der Waals surface area contributed by atoms with E-state index in [9.17, 15) is 14.7 Å². The van der Waals surface area contributed by atoms with Crippen LogP contribution in [0.2, 0.25) is 0 Å². The first kappa shape index (κ1) is 19.3. The fourth-order valence-electron chi connectivity index (χ4n) is 1.77. The van der Waals surface area contributed by atoms with Crippen LogP contribution in [0.25, 0.3) is 0 Å². The summed E-state index contributed by atoms with van der Waals surface area (Å²) in [6, 6.07) is 0. The normalized spacial score (nSPS) is 13.0. The van der Waals surface area contributed by atoms with E-state index in [0.717, 1.165) is 0 Å². The van der Waals surface area contributed by atoms with Gasteiger partial charge in [-0.05, 0) is 26.2 Å². The van der Waals surface area contributed by atoms with E-state index in [-0.39, 0.29) is 11.1 Å². The number of hydrogen-bond acceptors (Lipinski definition) is 4. The molecule has 0 aromatic heterocycles. The molecule has 0 aliphatic rings. The molecule has 0 saturated heterocycles. The Morgan fingerprint density at radius 3 is 2.38 bits per heavy atom. The Kier molecular flexibility index (Phi) is 10.2. The Bertz CT molecular complexity index is 386. The SMILES string of the molecule is C=C(C(=O)O)C(C=C(CCCOCC)C(=O)O)CCOC. The van der Waals surface area contributed by atoms with Crippen LogP contribution in [0.1, 0.15) is 26.2 Å². The Morgan fingerprint density at radius 2 is 1.90 bits per heavy atom. The first-order chi connectivity index (χ1) is 9.93. The summed E-state index contributed by atoms with van der Waals surface area (Å²) in [5.74, 6) is -2.74. The van der Waals surface area contributed by atoms with E-state index in [2.05, 4.69) is 6.58 Å². The Morgan fingerprint density at radius 1 is 1.24 bits per heavy atom. The second-order valence-corrected chi connectivity index (χ2v) is 4.52. The van der Waals surface area contributed by atoms with Gasteiger partial charge in [0.15, 0.2) is 0 Å². The zero-order valence-electron chi connectivity index (χ0n) is 12.6. The molecule has 1 unspecified atom stereocenters. The van der Waals surface area contributed by atoms with Gasteiger partial charge in [-0.2, -0.15) is 0 Å². The van der Waals surface area contributed by atoms with Crippen LogP contribution in [0.4, 0.5) is 0 Å². The number of methoxy groups -OCH3 is 1. The molecule has 0 radical (unpaired) electrons. The van der Waals surface area contributed by atoms with Crippen molar-refractivity contribution in [2.24, 2.45) is 5.92 Å². The minimum absolute atomic E-state index is 0.0318. The molecule has 0 aromatic carbocycles. The number of carbonyl (C=O) groups is 2. The van der Waals surface area contributed by atoms with Gasteiger partial charge >= 0.3 is 11.9 Å². The van der Waals surface area contributed by atoms with Gasteiger partial charge in [-0.15, -0.1) is 0 Å². The molecule has 0 bridgehead atoms. The molecule has 0 fully saturated rings. The third-order valence-electron chi connectivity index (χ3n) is 2.97. The summed E-state index contributed by atoms with van der Waals surface area (Å²) in [5.41, 5.74) is 0.147. The van der Waals surface area contributed by atoms with E-state index in [1.54, 1.807) is 0 Å². The van der Waals surface area contributed by atoms with E-state index < -0.39 is 17.9 Å². The molecular weight excluding hydrogens is 276 g/mol. The van der Waals surface area contributed by atoms with E-state index in [4.69, 9.17) is 14.6 Å². The van der Waals surface area contributed by atoms with Gasteiger partial charge in [-0.3, -0.25) is 0 Å². The fraction of sp³-hybridized carbons (Fsp3) is 0.600. The van der Waals surface area contributed by atoms with E-state index in [1.165, 1.54) is 13.2 Å². The molecule has 0 saturated carbocycles. The summed E-state index contributed by atoms with van der Waals surface area (Å²) >= 11 is 0. The van der Waals surface area contributed by atoms with Crippen LogP contribution in [0.3, 0.4) is 0 Å². The minimum Gasteiger partial charge on any atom is -0.478 e. The zero-order chi connectivity index (χ0) is 16.3. The Labute approximate surface area is 125 Å². The molecule has 0 rings (SSSR count). The number of allylic oxidation sites excluding steroid dienone is 1. The van der Waals surface area contributed by atoms with E-state index in [1.807, 2.05) is 6.92 Å². The molecule has 0 amide bonds. The third-order valence-corrected chi connectivity index (χ3v) is 2.97. The lowest BCUT2D eigenvalue weighted by atomic mass is 9.93. The van der Waals surface area contributed by atoms with E-state index in [0.29, 0.717) is 39.1 Å². The fourth-order valence-corrected chi connectivity index (χ4v) is 1.77. The maximum absolute atomic E-state index is 11.2. The maximum Gasteiger partial charge on any atom is 0.331 e. The number of carboxylic acid groups (broad SMARTS) is 2. The lowest BCUT2D eigenvalue weighted by Crippen LogP contribution is -2.14. The first-order valence-electron chi connectivity index (χ1n) is 6.86. The van der Waals surface area contributed by atoms with Gasteiger partial charge in [0.1, 0.15) is 0 Å². The Balaban J connectivity index is 4.90. The quantitative estimate of drug-likeness (QED) is 0.423. The standard InChI is InChI=1S/C15H24O6/c1-4-21-8-5-6-13(15(18)19)10-12(7-9-20-3)11(2)14(16)17/h10,12H,2,4-9H2,1,3H3,(H,16,17)(H,18,19).